The fourth-order valence-electron chi connectivity index (χ4n) is 2.82. The number of rotatable bonds is 3. The third kappa shape index (κ3) is 3.96. The molecule has 1 amide bonds. The van der Waals surface area contributed by atoms with Crippen LogP contribution in [-0.2, 0) is 15.8 Å². The van der Waals surface area contributed by atoms with Gasteiger partial charge in [0.05, 0.1) is 11.5 Å². The van der Waals surface area contributed by atoms with E-state index >= 15 is 0 Å². The zero-order chi connectivity index (χ0) is 18.1. The number of alkyl halides is 3. The van der Waals surface area contributed by atoms with Crippen LogP contribution < -0.4 is 10.4 Å². The van der Waals surface area contributed by atoms with Gasteiger partial charge < -0.3 is 15.2 Å². The standard InChI is InChI=1S/C17H18F3NO3/c1-9-6-13(14(16(23)24)7-10(9)2)15(22)21-12-5-3-4-11(8-12)17(18,19)20/h3-5,8,13-14H,6-7H2,1-2H3,(H,21,22)(H,23,24)/p-1/t13-,14+/m1/s1. The average Bonchev–Trinajstić information content (AvgIpc) is 2.48. The van der Waals surface area contributed by atoms with Crippen molar-refractivity contribution in [3.8, 4) is 0 Å². The first-order chi connectivity index (χ1) is 11.1. The van der Waals surface area contributed by atoms with E-state index in [0.29, 0.717) is 0 Å². The highest BCUT2D eigenvalue weighted by molar-refractivity contribution is 5.95. The molecule has 0 bridgehead atoms. The van der Waals surface area contributed by atoms with E-state index in [-0.39, 0.29) is 18.5 Å². The molecule has 0 unspecified atom stereocenters. The third-order valence-corrected chi connectivity index (χ3v) is 4.36. The Bertz CT molecular complexity index is 695. The molecular formula is C17H17F3NO3-. The first-order valence-electron chi connectivity index (χ1n) is 7.43. The Morgan fingerprint density at radius 2 is 1.71 bits per heavy atom. The number of benzene rings is 1. The molecule has 1 aromatic carbocycles. The van der Waals surface area contributed by atoms with E-state index in [1.807, 2.05) is 6.92 Å². The van der Waals surface area contributed by atoms with Crippen LogP contribution in [0.2, 0.25) is 0 Å². The smallest absolute Gasteiger partial charge is 0.416 e. The van der Waals surface area contributed by atoms with Crippen LogP contribution in [0.1, 0.15) is 32.3 Å². The number of nitrogens with one attached hydrogen (secondary N) is 1. The van der Waals surface area contributed by atoms with Crippen LogP contribution in [0.3, 0.4) is 0 Å². The quantitative estimate of drug-likeness (QED) is 0.860. The summed E-state index contributed by atoms with van der Waals surface area (Å²) in [6.07, 6.45) is -4.07. The lowest BCUT2D eigenvalue weighted by Gasteiger charge is -2.32. The monoisotopic (exact) mass is 340 g/mol. The van der Waals surface area contributed by atoms with Crippen LogP contribution in [0.25, 0.3) is 0 Å². The van der Waals surface area contributed by atoms with E-state index < -0.39 is 35.5 Å². The molecule has 7 heteroatoms. The highest BCUT2D eigenvalue weighted by atomic mass is 19.4. The molecule has 0 aromatic heterocycles. The number of amides is 1. The molecule has 0 radical (unpaired) electrons. The number of carboxylic acids is 1. The third-order valence-electron chi connectivity index (χ3n) is 4.36. The molecule has 0 spiro atoms. The van der Waals surface area contributed by atoms with E-state index in [0.717, 1.165) is 23.3 Å². The van der Waals surface area contributed by atoms with Crippen molar-refractivity contribution in [2.24, 2.45) is 11.8 Å². The summed E-state index contributed by atoms with van der Waals surface area (Å²) >= 11 is 0. The lowest BCUT2D eigenvalue weighted by molar-refractivity contribution is -0.313. The summed E-state index contributed by atoms with van der Waals surface area (Å²) < 4.78 is 38.2. The molecule has 0 saturated carbocycles. The van der Waals surface area contributed by atoms with E-state index in [9.17, 15) is 27.9 Å². The molecule has 2 atom stereocenters. The summed E-state index contributed by atoms with van der Waals surface area (Å²) in [5.41, 5.74) is 0.909. The van der Waals surface area contributed by atoms with Gasteiger partial charge in [0.15, 0.2) is 0 Å². The van der Waals surface area contributed by atoms with E-state index in [4.69, 9.17) is 0 Å². The van der Waals surface area contributed by atoms with Crippen molar-refractivity contribution in [3.63, 3.8) is 0 Å². The van der Waals surface area contributed by atoms with Gasteiger partial charge in [0, 0.05) is 17.6 Å². The number of carboxylic acid groups (broad SMARTS) is 1. The fourth-order valence-corrected chi connectivity index (χ4v) is 2.82. The molecular weight excluding hydrogens is 323 g/mol. The number of hydrogen-bond acceptors (Lipinski definition) is 3. The Morgan fingerprint density at radius 1 is 1.12 bits per heavy atom. The summed E-state index contributed by atoms with van der Waals surface area (Å²) in [7, 11) is 0. The molecule has 0 aliphatic heterocycles. The maximum Gasteiger partial charge on any atom is 0.416 e. The Morgan fingerprint density at radius 3 is 2.25 bits per heavy atom. The number of carbonyl (C=O) groups is 2. The molecule has 130 valence electrons. The molecule has 0 heterocycles. The van der Waals surface area contributed by atoms with E-state index in [2.05, 4.69) is 5.32 Å². The van der Waals surface area contributed by atoms with Crippen LogP contribution >= 0.6 is 0 Å². The number of anilines is 1. The highest BCUT2D eigenvalue weighted by Gasteiger charge is 2.34. The van der Waals surface area contributed by atoms with Gasteiger partial charge in [-0.25, -0.2) is 0 Å². The van der Waals surface area contributed by atoms with Crippen LogP contribution in [0.15, 0.2) is 35.4 Å². The summed E-state index contributed by atoms with van der Waals surface area (Å²) in [6, 6.07) is 4.24. The SMILES string of the molecule is CC1=C(C)C[C@@H](C(=O)Nc2cccc(C(F)(F)F)c2)[C@@H](C(=O)[O-])C1. The largest absolute Gasteiger partial charge is 0.550 e. The summed E-state index contributed by atoms with van der Waals surface area (Å²) in [4.78, 5) is 23.7. The highest BCUT2D eigenvalue weighted by Crippen LogP contribution is 2.35. The minimum atomic E-state index is -4.52. The van der Waals surface area contributed by atoms with Gasteiger partial charge in [-0.15, -0.1) is 0 Å². The first-order valence-corrected chi connectivity index (χ1v) is 7.43. The van der Waals surface area contributed by atoms with Crippen molar-refractivity contribution in [2.75, 3.05) is 5.32 Å². The van der Waals surface area contributed by atoms with Gasteiger partial charge in [-0.3, -0.25) is 4.79 Å². The summed E-state index contributed by atoms with van der Waals surface area (Å²) in [5, 5.41) is 13.7. The van der Waals surface area contributed by atoms with Gasteiger partial charge in [-0.1, -0.05) is 17.2 Å². The minimum absolute atomic E-state index is 0.0177. The molecule has 1 aromatic rings. The maximum absolute atomic E-state index is 12.7. The molecule has 1 aliphatic rings. The van der Waals surface area contributed by atoms with Gasteiger partial charge in [0.25, 0.3) is 0 Å². The molecule has 1 aliphatic carbocycles. The summed E-state index contributed by atoms with van der Waals surface area (Å²) in [6.45, 7) is 3.61. The van der Waals surface area contributed by atoms with Crippen LogP contribution in [0, 0.1) is 11.8 Å². The van der Waals surface area contributed by atoms with Crippen molar-refractivity contribution >= 4 is 17.6 Å². The predicted octanol–water partition coefficient (Wildman–Crippen LogP) is 2.76. The normalized spacial score (nSPS) is 21.5. The lowest BCUT2D eigenvalue weighted by Crippen LogP contribution is -2.42. The molecule has 0 fully saturated rings. The lowest BCUT2D eigenvalue weighted by atomic mass is 9.76. The number of aliphatic carboxylic acids is 1. The van der Waals surface area contributed by atoms with E-state index in [1.54, 1.807) is 6.92 Å². The second kappa shape index (κ2) is 6.67. The van der Waals surface area contributed by atoms with Gasteiger partial charge in [-0.2, -0.15) is 13.2 Å². The molecule has 24 heavy (non-hydrogen) atoms. The fraction of sp³-hybridized carbons (Fsp3) is 0.412. The van der Waals surface area contributed by atoms with Crippen molar-refractivity contribution in [1.29, 1.82) is 0 Å². The molecule has 2 rings (SSSR count). The predicted molar refractivity (Wildman–Crippen MR) is 79.7 cm³/mol. The maximum atomic E-state index is 12.7. The Balaban J connectivity index is 2.21. The zero-order valence-electron chi connectivity index (χ0n) is 13.2. The zero-order valence-corrected chi connectivity index (χ0v) is 13.2. The second-order valence-electron chi connectivity index (χ2n) is 6.07. The van der Waals surface area contributed by atoms with E-state index in [1.165, 1.54) is 12.1 Å². The summed E-state index contributed by atoms with van der Waals surface area (Å²) in [5.74, 6) is -3.80. The minimum Gasteiger partial charge on any atom is -0.550 e. The van der Waals surface area contributed by atoms with Gasteiger partial charge in [0.1, 0.15) is 0 Å². The van der Waals surface area contributed by atoms with Crippen LogP contribution in [0.5, 0.6) is 0 Å². The molecule has 4 nitrogen and oxygen atoms in total. The average molecular weight is 340 g/mol. The van der Waals surface area contributed by atoms with Crippen LogP contribution in [-0.4, -0.2) is 11.9 Å². The molecule has 0 saturated heterocycles. The number of carbonyl (C=O) groups excluding carboxylic acids is 2. The topological polar surface area (TPSA) is 69.2 Å². The Hall–Kier alpha value is -2.31. The Labute approximate surface area is 137 Å². The van der Waals surface area contributed by atoms with Gasteiger partial charge in [0.2, 0.25) is 5.91 Å². The number of hydrogen-bond donors (Lipinski definition) is 1. The van der Waals surface area contributed by atoms with Crippen LogP contribution in [0.4, 0.5) is 18.9 Å². The number of allylic oxidation sites excluding steroid dienone is 2. The number of halogens is 3. The Kier molecular flexibility index (Phi) is 5.01. The second-order valence-corrected chi connectivity index (χ2v) is 6.07. The van der Waals surface area contributed by atoms with Crippen molar-refractivity contribution in [2.45, 2.75) is 32.9 Å². The molecule has 1 N–H and O–H groups in total. The first kappa shape index (κ1) is 18.0. The van der Waals surface area contributed by atoms with Crippen molar-refractivity contribution in [3.05, 3.63) is 41.0 Å². The van der Waals surface area contributed by atoms with Gasteiger partial charge in [-0.05, 0) is 44.9 Å². The van der Waals surface area contributed by atoms with Gasteiger partial charge >= 0.3 is 6.18 Å². The van der Waals surface area contributed by atoms with Crippen molar-refractivity contribution in [1.82, 2.24) is 0 Å². The van der Waals surface area contributed by atoms with Crippen molar-refractivity contribution < 1.29 is 27.9 Å².